The zero-order valence-electron chi connectivity index (χ0n) is 15.2. The van der Waals surface area contributed by atoms with E-state index >= 15 is 0 Å². The number of nitrogens with zero attached hydrogens (tertiary/aromatic N) is 1. The number of rotatable bonds is 4. The molecule has 2 aromatic carbocycles. The number of aromatic amines is 1. The normalized spacial score (nSPS) is 14.9. The molecule has 7 heteroatoms. The molecule has 1 aliphatic carbocycles. The topological polar surface area (TPSA) is 91.9 Å². The van der Waals surface area contributed by atoms with Crippen LogP contribution in [0.25, 0.3) is 11.0 Å². The fourth-order valence-electron chi connectivity index (χ4n) is 3.26. The number of amides is 1. The van der Waals surface area contributed by atoms with Gasteiger partial charge in [0.15, 0.2) is 9.84 Å². The summed E-state index contributed by atoms with van der Waals surface area (Å²) < 4.78 is 23.5. The molecule has 6 nitrogen and oxygen atoms in total. The maximum atomic E-state index is 12.7. The highest BCUT2D eigenvalue weighted by Gasteiger charge is 2.22. The van der Waals surface area contributed by atoms with Crippen LogP contribution < -0.4 is 5.32 Å². The summed E-state index contributed by atoms with van der Waals surface area (Å²) in [6.45, 7) is 1.78. The number of hydrogen-bond acceptors (Lipinski definition) is 4. The van der Waals surface area contributed by atoms with Gasteiger partial charge in [0.05, 0.1) is 15.9 Å². The van der Waals surface area contributed by atoms with Crippen LogP contribution in [0.3, 0.4) is 0 Å². The number of hydrogen-bond donors (Lipinski definition) is 2. The van der Waals surface area contributed by atoms with Crippen LogP contribution >= 0.6 is 0 Å². The van der Waals surface area contributed by atoms with Crippen molar-refractivity contribution in [1.29, 1.82) is 0 Å². The van der Waals surface area contributed by atoms with E-state index in [1.54, 1.807) is 19.1 Å². The summed E-state index contributed by atoms with van der Waals surface area (Å²) in [7, 11) is -3.37. The van der Waals surface area contributed by atoms with Gasteiger partial charge in [0.25, 0.3) is 5.91 Å². The lowest BCUT2D eigenvalue weighted by Gasteiger charge is -2.22. The van der Waals surface area contributed by atoms with Crippen molar-refractivity contribution in [1.82, 2.24) is 9.97 Å². The van der Waals surface area contributed by atoms with Gasteiger partial charge in [-0.2, -0.15) is 0 Å². The predicted octanol–water partition coefficient (Wildman–Crippen LogP) is 3.79. The number of benzene rings is 2. The average Bonchev–Trinajstić information content (AvgIpc) is 2.94. The second-order valence-corrected chi connectivity index (χ2v) is 9.20. The summed E-state index contributed by atoms with van der Waals surface area (Å²) in [5.41, 5.74) is 3.47. The molecule has 0 saturated heterocycles. The van der Waals surface area contributed by atoms with Crippen molar-refractivity contribution >= 4 is 32.5 Å². The van der Waals surface area contributed by atoms with Crippen molar-refractivity contribution in [3.63, 3.8) is 0 Å². The molecule has 0 atom stereocenters. The van der Waals surface area contributed by atoms with Gasteiger partial charge in [0.2, 0.25) is 0 Å². The van der Waals surface area contributed by atoms with Crippen LogP contribution in [0.15, 0.2) is 41.3 Å². The molecule has 0 unspecified atom stereocenters. The van der Waals surface area contributed by atoms with E-state index in [1.807, 2.05) is 12.1 Å². The molecule has 27 heavy (non-hydrogen) atoms. The number of carbonyl (C=O) groups is 1. The van der Waals surface area contributed by atoms with Crippen molar-refractivity contribution in [3.8, 4) is 0 Å². The maximum Gasteiger partial charge on any atom is 0.255 e. The van der Waals surface area contributed by atoms with Gasteiger partial charge in [-0.05, 0) is 55.7 Å². The standard InChI is InChI=1S/C20H21N3O3S/c1-12-6-8-15(27(2,25)26)11-16(12)20(24)21-14-7-9-17-18(10-14)23-19(22-17)13-4-3-5-13/h6-11,13H,3-5H2,1-2H3,(H,21,24)(H,22,23). The van der Waals surface area contributed by atoms with Crippen LogP contribution in [0, 0.1) is 6.92 Å². The Kier molecular flexibility index (Phi) is 4.26. The second-order valence-electron chi connectivity index (χ2n) is 7.18. The van der Waals surface area contributed by atoms with Crippen LogP contribution in [0.5, 0.6) is 0 Å². The first-order chi connectivity index (χ1) is 12.8. The minimum absolute atomic E-state index is 0.132. The molecule has 1 amide bonds. The molecule has 0 bridgehead atoms. The van der Waals surface area contributed by atoms with E-state index in [0.29, 0.717) is 17.2 Å². The highest BCUT2D eigenvalue weighted by atomic mass is 32.2. The first-order valence-electron chi connectivity index (χ1n) is 8.93. The van der Waals surface area contributed by atoms with Crippen molar-refractivity contribution in [2.45, 2.75) is 37.0 Å². The summed E-state index contributed by atoms with van der Waals surface area (Å²) in [5.74, 6) is 1.18. The first kappa shape index (κ1) is 17.7. The van der Waals surface area contributed by atoms with Crippen LogP contribution in [-0.2, 0) is 9.84 Å². The van der Waals surface area contributed by atoms with Crippen LogP contribution in [0.1, 0.15) is 46.9 Å². The minimum atomic E-state index is -3.37. The Morgan fingerprint density at radius 1 is 1.19 bits per heavy atom. The number of carbonyl (C=O) groups excluding carboxylic acids is 1. The average molecular weight is 383 g/mol. The van der Waals surface area contributed by atoms with E-state index in [2.05, 4.69) is 15.3 Å². The monoisotopic (exact) mass is 383 g/mol. The summed E-state index contributed by atoms with van der Waals surface area (Å²) >= 11 is 0. The Balaban J connectivity index is 1.61. The third-order valence-electron chi connectivity index (χ3n) is 5.13. The molecular weight excluding hydrogens is 362 g/mol. The number of aromatic nitrogens is 2. The second kappa shape index (κ2) is 6.49. The Morgan fingerprint density at radius 2 is 1.96 bits per heavy atom. The van der Waals surface area contributed by atoms with Gasteiger partial charge >= 0.3 is 0 Å². The zero-order valence-corrected chi connectivity index (χ0v) is 16.1. The lowest BCUT2D eigenvalue weighted by atomic mass is 9.85. The smallest absolute Gasteiger partial charge is 0.255 e. The predicted molar refractivity (Wildman–Crippen MR) is 105 cm³/mol. The summed E-state index contributed by atoms with van der Waals surface area (Å²) in [4.78, 5) is 20.8. The van der Waals surface area contributed by atoms with E-state index < -0.39 is 9.84 Å². The van der Waals surface area contributed by atoms with E-state index in [0.717, 1.165) is 28.7 Å². The Morgan fingerprint density at radius 3 is 2.63 bits per heavy atom. The zero-order chi connectivity index (χ0) is 19.2. The van der Waals surface area contributed by atoms with Gasteiger partial charge in [-0.25, -0.2) is 13.4 Å². The molecule has 0 spiro atoms. The SMILES string of the molecule is Cc1ccc(S(C)(=O)=O)cc1C(=O)Nc1ccc2nc(C3CCC3)[nH]c2c1. The first-order valence-corrected chi connectivity index (χ1v) is 10.8. The largest absolute Gasteiger partial charge is 0.342 e. The molecule has 1 heterocycles. The fraction of sp³-hybridized carbons (Fsp3) is 0.300. The quantitative estimate of drug-likeness (QED) is 0.717. The molecule has 3 aromatic rings. The molecule has 0 radical (unpaired) electrons. The van der Waals surface area contributed by atoms with E-state index in [-0.39, 0.29) is 10.8 Å². The van der Waals surface area contributed by atoms with Crippen molar-refractivity contribution < 1.29 is 13.2 Å². The lowest BCUT2D eigenvalue weighted by Crippen LogP contribution is -2.14. The van der Waals surface area contributed by atoms with Gasteiger partial charge in [-0.3, -0.25) is 4.79 Å². The Labute approximate surface area is 157 Å². The number of sulfone groups is 1. The number of H-pyrrole nitrogens is 1. The lowest BCUT2D eigenvalue weighted by molar-refractivity contribution is 0.102. The van der Waals surface area contributed by atoms with Gasteiger partial charge in [-0.1, -0.05) is 12.5 Å². The number of anilines is 1. The van der Waals surface area contributed by atoms with Gasteiger partial charge < -0.3 is 10.3 Å². The minimum Gasteiger partial charge on any atom is -0.342 e. The number of imidazole rings is 1. The van der Waals surface area contributed by atoms with Crippen molar-refractivity contribution in [3.05, 3.63) is 53.3 Å². The number of fused-ring (bicyclic) bond motifs is 1. The van der Waals surface area contributed by atoms with E-state index in [1.165, 1.54) is 31.4 Å². The van der Waals surface area contributed by atoms with Crippen molar-refractivity contribution in [2.24, 2.45) is 0 Å². The summed E-state index contributed by atoms with van der Waals surface area (Å²) in [6, 6.07) is 10.1. The fourth-order valence-corrected chi connectivity index (χ4v) is 3.90. The molecule has 0 aliphatic heterocycles. The third kappa shape index (κ3) is 3.47. The molecule has 1 aliphatic rings. The van der Waals surface area contributed by atoms with Gasteiger partial charge in [-0.15, -0.1) is 0 Å². The van der Waals surface area contributed by atoms with Gasteiger partial charge in [0, 0.05) is 23.4 Å². The van der Waals surface area contributed by atoms with Crippen LogP contribution in [0.2, 0.25) is 0 Å². The number of aryl methyl sites for hydroxylation is 1. The molecule has 140 valence electrons. The third-order valence-corrected chi connectivity index (χ3v) is 6.24. The van der Waals surface area contributed by atoms with Gasteiger partial charge in [0.1, 0.15) is 5.82 Å². The van der Waals surface area contributed by atoms with Crippen molar-refractivity contribution in [2.75, 3.05) is 11.6 Å². The van der Waals surface area contributed by atoms with E-state index in [4.69, 9.17) is 0 Å². The Bertz CT molecular complexity index is 1140. The molecule has 1 aromatic heterocycles. The maximum absolute atomic E-state index is 12.7. The van der Waals surface area contributed by atoms with E-state index in [9.17, 15) is 13.2 Å². The highest BCUT2D eigenvalue weighted by Crippen LogP contribution is 2.35. The molecular formula is C20H21N3O3S. The molecule has 4 rings (SSSR count). The molecule has 2 N–H and O–H groups in total. The summed E-state index contributed by atoms with van der Waals surface area (Å²) in [6.07, 6.45) is 4.71. The number of nitrogens with one attached hydrogen (secondary N) is 2. The molecule has 1 fully saturated rings. The molecule has 1 saturated carbocycles. The summed E-state index contributed by atoms with van der Waals surface area (Å²) in [5, 5.41) is 2.85. The van der Waals surface area contributed by atoms with Crippen LogP contribution in [-0.4, -0.2) is 30.5 Å². The highest BCUT2D eigenvalue weighted by molar-refractivity contribution is 7.90. The Hall–Kier alpha value is -2.67. The van der Waals surface area contributed by atoms with Crippen LogP contribution in [0.4, 0.5) is 5.69 Å².